The zero-order valence-corrected chi connectivity index (χ0v) is 11.2. The lowest BCUT2D eigenvalue weighted by atomic mass is 10.1. The van der Waals surface area contributed by atoms with Crippen molar-refractivity contribution >= 4 is 23.2 Å². The molecule has 0 bridgehead atoms. The molecule has 0 aromatic heterocycles. The zero-order chi connectivity index (χ0) is 14.8. The molecule has 1 aliphatic rings. The van der Waals surface area contributed by atoms with Crippen LogP contribution in [0.25, 0.3) is 0 Å². The molecule has 1 heterocycles. The van der Waals surface area contributed by atoms with Crippen molar-refractivity contribution in [3.8, 4) is 0 Å². The van der Waals surface area contributed by atoms with Crippen LogP contribution < -0.4 is 10.6 Å². The van der Waals surface area contributed by atoms with Crippen LogP contribution in [-0.4, -0.2) is 16.9 Å². The molecule has 0 radical (unpaired) electrons. The standard InChI is InChI=1S/C16H14N2O3/c19-9-11-3-1-2-4-13(11)18-16(21)10-5-6-14-12(7-10)8-15(20)17-14/h1-7,19H,8-9H2,(H,17,20)(H,18,21). The number of hydrogen-bond acceptors (Lipinski definition) is 3. The minimum Gasteiger partial charge on any atom is -0.392 e. The molecule has 3 rings (SSSR count). The van der Waals surface area contributed by atoms with Crippen LogP contribution in [0.15, 0.2) is 42.5 Å². The SMILES string of the molecule is O=C1Cc2cc(C(=O)Nc3ccccc3CO)ccc2N1. The van der Waals surface area contributed by atoms with Crippen molar-refractivity contribution in [2.45, 2.75) is 13.0 Å². The van der Waals surface area contributed by atoms with Crippen LogP contribution in [-0.2, 0) is 17.8 Å². The topological polar surface area (TPSA) is 78.4 Å². The van der Waals surface area contributed by atoms with Crippen LogP contribution in [0.4, 0.5) is 11.4 Å². The summed E-state index contributed by atoms with van der Waals surface area (Å²) in [5, 5.41) is 14.8. The Bertz CT molecular complexity index is 725. The van der Waals surface area contributed by atoms with Gasteiger partial charge in [-0.15, -0.1) is 0 Å². The molecule has 0 saturated heterocycles. The predicted octanol–water partition coefficient (Wildman–Crippen LogP) is 1.93. The summed E-state index contributed by atoms with van der Waals surface area (Å²) in [4.78, 5) is 23.6. The van der Waals surface area contributed by atoms with E-state index < -0.39 is 0 Å². The third-order valence-corrected chi connectivity index (χ3v) is 3.43. The molecule has 0 aliphatic carbocycles. The van der Waals surface area contributed by atoms with Gasteiger partial charge in [-0.1, -0.05) is 18.2 Å². The summed E-state index contributed by atoms with van der Waals surface area (Å²) in [5.41, 5.74) is 3.30. The fourth-order valence-corrected chi connectivity index (χ4v) is 2.35. The van der Waals surface area contributed by atoms with E-state index in [9.17, 15) is 14.7 Å². The number of rotatable bonds is 3. The van der Waals surface area contributed by atoms with Gasteiger partial charge < -0.3 is 15.7 Å². The molecule has 0 atom stereocenters. The van der Waals surface area contributed by atoms with E-state index in [1.165, 1.54) is 0 Å². The highest BCUT2D eigenvalue weighted by Gasteiger charge is 2.19. The highest BCUT2D eigenvalue weighted by Crippen LogP contribution is 2.24. The van der Waals surface area contributed by atoms with Gasteiger partial charge in [-0.25, -0.2) is 0 Å². The second kappa shape index (κ2) is 5.38. The molecular weight excluding hydrogens is 268 g/mol. The van der Waals surface area contributed by atoms with Gasteiger partial charge in [-0.2, -0.15) is 0 Å². The maximum Gasteiger partial charge on any atom is 0.255 e. The minimum absolute atomic E-state index is 0.0619. The largest absolute Gasteiger partial charge is 0.392 e. The Hall–Kier alpha value is -2.66. The molecule has 3 N–H and O–H groups in total. The van der Waals surface area contributed by atoms with Crippen LogP contribution in [0, 0.1) is 0 Å². The van der Waals surface area contributed by atoms with E-state index in [-0.39, 0.29) is 18.4 Å². The Morgan fingerprint density at radius 2 is 2.05 bits per heavy atom. The van der Waals surface area contributed by atoms with E-state index >= 15 is 0 Å². The van der Waals surface area contributed by atoms with Crippen molar-refractivity contribution in [3.63, 3.8) is 0 Å². The molecule has 21 heavy (non-hydrogen) atoms. The fraction of sp³-hybridized carbons (Fsp3) is 0.125. The molecule has 0 spiro atoms. The van der Waals surface area contributed by atoms with Gasteiger partial charge in [0.15, 0.2) is 0 Å². The first-order valence-corrected chi connectivity index (χ1v) is 6.60. The molecule has 106 valence electrons. The second-order valence-electron chi connectivity index (χ2n) is 4.87. The number of carbonyl (C=O) groups is 2. The molecule has 0 fully saturated rings. The van der Waals surface area contributed by atoms with E-state index in [2.05, 4.69) is 10.6 Å². The lowest BCUT2D eigenvalue weighted by Crippen LogP contribution is -2.13. The van der Waals surface area contributed by atoms with Gasteiger partial charge in [0.05, 0.1) is 13.0 Å². The lowest BCUT2D eigenvalue weighted by molar-refractivity contribution is -0.115. The Morgan fingerprint density at radius 1 is 1.24 bits per heavy atom. The van der Waals surface area contributed by atoms with Crippen molar-refractivity contribution < 1.29 is 14.7 Å². The molecule has 2 aromatic carbocycles. The van der Waals surface area contributed by atoms with Crippen LogP contribution in [0.5, 0.6) is 0 Å². The quantitative estimate of drug-likeness (QED) is 0.805. The normalized spacial score (nSPS) is 12.7. The molecule has 5 nitrogen and oxygen atoms in total. The van der Waals surface area contributed by atoms with E-state index in [0.717, 1.165) is 11.3 Å². The average molecular weight is 282 g/mol. The van der Waals surface area contributed by atoms with Crippen molar-refractivity contribution in [2.24, 2.45) is 0 Å². The molecule has 5 heteroatoms. The number of anilines is 2. The molecular formula is C16H14N2O3. The van der Waals surface area contributed by atoms with E-state index in [1.54, 1.807) is 42.5 Å². The van der Waals surface area contributed by atoms with Crippen molar-refractivity contribution in [2.75, 3.05) is 10.6 Å². The third kappa shape index (κ3) is 2.64. The first-order valence-electron chi connectivity index (χ1n) is 6.60. The number of carbonyl (C=O) groups excluding carboxylic acids is 2. The Labute approximate surface area is 121 Å². The number of amides is 2. The Kier molecular flexibility index (Phi) is 3.41. The second-order valence-corrected chi connectivity index (χ2v) is 4.87. The maximum absolute atomic E-state index is 12.3. The number of para-hydroxylation sites is 1. The van der Waals surface area contributed by atoms with Gasteiger partial charge in [0, 0.05) is 22.5 Å². The average Bonchev–Trinajstić information content (AvgIpc) is 2.86. The van der Waals surface area contributed by atoms with Crippen LogP contribution in [0.2, 0.25) is 0 Å². The molecule has 2 aromatic rings. The van der Waals surface area contributed by atoms with E-state index in [0.29, 0.717) is 23.2 Å². The molecule has 2 amide bonds. The lowest BCUT2D eigenvalue weighted by Gasteiger charge is -2.10. The summed E-state index contributed by atoms with van der Waals surface area (Å²) >= 11 is 0. The summed E-state index contributed by atoms with van der Waals surface area (Å²) in [6, 6.07) is 12.2. The molecule has 1 aliphatic heterocycles. The van der Waals surface area contributed by atoms with Crippen LogP contribution >= 0.6 is 0 Å². The van der Waals surface area contributed by atoms with E-state index in [1.807, 2.05) is 0 Å². The van der Waals surface area contributed by atoms with Crippen molar-refractivity contribution in [1.82, 2.24) is 0 Å². The predicted molar refractivity (Wildman–Crippen MR) is 79.1 cm³/mol. The van der Waals surface area contributed by atoms with Gasteiger partial charge in [-0.05, 0) is 29.8 Å². The zero-order valence-electron chi connectivity index (χ0n) is 11.2. The molecule has 0 saturated carbocycles. The van der Waals surface area contributed by atoms with Gasteiger partial charge in [0.25, 0.3) is 5.91 Å². The Morgan fingerprint density at radius 3 is 2.86 bits per heavy atom. The summed E-state index contributed by atoms with van der Waals surface area (Å²) in [6.45, 7) is -0.140. The number of aliphatic hydroxyl groups is 1. The van der Waals surface area contributed by atoms with Gasteiger partial charge in [0.1, 0.15) is 0 Å². The number of hydrogen-bond donors (Lipinski definition) is 3. The summed E-state index contributed by atoms with van der Waals surface area (Å²) in [7, 11) is 0. The number of nitrogens with one attached hydrogen (secondary N) is 2. The third-order valence-electron chi connectivity index (χ3n) is 3.43. The molecule has 0 unspecified atom stereocenters. The highest BCUT2D eigenvalue weighted by molar-refractivity contribution is 6.06. The van der Waals surface area contributed by atoms with Crippen molar-refractivity contribution in [1.29, 1.82) is 0 Å². The van der Waals surface area contributed by atoms with Crippen molar-refractivity contribution in [3.05, 3.63) is 59.2 Å². The highest BCUT2D eigenvalue weighted by atomic mass is 16.3. The Balaban J connectivity index is 1.83. The minimum atomic E-state index is -0.266. The number of benzene rings is 2. The summed E-state index contributed by atoms with van der Waals surface area (Å²) in [5.74, 6) is -0.328. The first kappa shape index (κ1) is 13.3. The maximum atomic E-state index is 12.3. The smallest absolute Gasteiger partial charge is 0.255 e. The fourth-order valence-electron chi connectivity index (χ4n) is 2.35. The number of aliphatic hydroxyl groups excluding tert-OH is 1. The van der Waals surface area contributed by atoms with Crippen LogP contribution in [0.1, 0.15) is 21.5 Å². The number of fused-ring (bicyclic) bond motifs is 1. The van der Waals surface area contributed by atoms with Crippen LogP contribution in [0.3, 0.4) is 0 Å². The van der Waals surface area contributed by atoms with Gasteiger partial charge in [-0.3, -0.25) is 9.59 Å². The monoisotopic (exact) mass is 282 g/mol. The summed E-state index contributed by atoms with van der Waals surface area (Å²) in [6.07, 6.45) is 0.295. The first-order chi connectivity index (χ1) is 10.2. The van der Waals surface area contributed by atoms with Gasteiger partial charge in [0.2, 0.25) is 5.91 Å². The van der Waals surface area contributed by atoms with E-state index in [4.69, 9.17) is 0 Å². The van der Waals surface area contributed by atoms with Gasteiger partial charge >= 0.3 is 0 Å². The summed E-state index contributed by atoms with van der Waals surface area (Å²) < 4.78 is 0.